The lowest BCUT2D eigenvalue weighted by Gasteiger charge is -2.24. The number of carbonyl (C=O) groups is 1. The van der Waals surface area contributed by atoms with E-state index in [1.54, 1.807) is 44.4 Å². The number of carbonyl (C=O) groups excluding carboxylic acids is 1. The van der Waals surface area contributed by atoms with Gasteiger partial charge in [0.2, 0.25) is 5.91 Å². The summed E-state index contributed by atoms with van der Waals surface area (Å²) in [6.07, 6.45) is 1.48. The highest BCUT2D eigenvalue weighted by atomic mass is 16.5. The summed E-state index contributed by atoms with van der Waals surface area (Å²) in [6.45, 7) is -0.103. The van der Waals surface area contributed by atoms with Crippen LogP contribution in [0.4, 0.5) is 5.69 Å². The van der Waals surface area contributed by atoms with Crippen molar-refractivity contribution in [3.63, 3.8) is 0 Å². The third-order valence-electron chi connectivity index (χ3n) is 3.66. The van der Waals surface area contributed by atoms with E-state index in [1.807, 2.05) is 0 Å². The molecule has 0 heterocycles. The van der Waals surface area contributed by atoms with Gasteiger partial charge in [-0.3, -0.25) is 4.79 Å². The van der Waals surface area contributed by atoms with Gasteiger partial charge in [-0.2, -0.15) is 0 Å². The molecule has 0 spiro atoms. The van der Waals surface area contributed by atoms with Crippen molar-refractivity contribution >= 4 is 11.6 Å². The highest BCUT2D eigenvalue weighted by Crippen LogP contribution is 2.47. The molecule has 2 rings (SSSR count). The molecule has 104 valence electrons. The molecule has 0 atom stereocenters. The van der Waals surface area contributed by atoms with Crippen LogP contribution < -0.4 is 14.4 Å². The molecule has 5 heteroatoms. The molecule has 1 N–H and O–H groups in total. The fraction of sp³-hybridized carbons (Fsp3) is 0.500. The zero-order valence-corrected chi connectivity index (χ0v) is 11.5. The maximum atomic E-state index is 12.4. The van der Waals surface area contributed by atoms with Gasteiger partial charge in [-0.1, -0.05) is 0 Å². The summed E-state index contributed by atoms with van der Waals surface area (Å²) in [5.74, 6) is 1.17. The zero-order valence-electron chi connectivity index (χ0n) is 11.5. The van der Waals surface area contributed by atoms with Crippen molar-refractivity contribution in [3.8, 4) is 11.5 Å². The van der Waals surface area contributed by atoms with E-state index in [4.69, 9.17) is 9.47 Å². The van der Waals surface area contributed by atoms with Crippen LogP contribution >= 0.6 is 0 Å². The normalized spacial score (nSPS) is 15.8. The molecule has 0 unspecified atom stereocenters. The van der Waals surface area contributed by atoms with Crippen LogP contribution in [0.3, 0.4) is 0 Å². The van der Waals surface area contributed by atoms with E-state index in [2.05, 4.69) is 0 Å². The summed E-state index contributed by atoms with van der Waals surface area (Å²) in [5.41, 5.74) is 0.0905. The number of ether oxygens (including phenoxy) is 2. The van der Waals surface area contributed by atoms with E-state index in [9.17, 15) is 9.90 Å². The fourth-order valence-electron chi connectivity index (χ4n) is 2.12. The van der Waals surface area contributed by atoms with Crippen LogP contribution in [0.15, 0.2) is 18.2 Å². The smallest absolute Gasteiger partial charge is 0.235 e. The number of hydrogen-bond acceptors (Lipinski definition) is 4. The minimum Gasteiger partial charge on any atom is -0.497 e. The van der Waals surface area contributed by atoms with E-state index < -0.39 is 5.41 Å². The SMILES string of the molecule is COc1ccc(N(C)C(=O)C2(CO)CC2)c(OC)c1. The van der Waals surface area contributed by atoms with Crippen molar-refractivity contribution in [1.82, 2.24) is 0 Å². The molecular weight excluding hydrogens is 246 g/mol. The second-order valence-corrected chi connectivity index (χ2v) is 4.84. The number of anilines is 1. The third kappa shape index (κ3) is 2.38. The Balaban J connectivity index is 2.28. The van der Waals surface area contributed by atoms with E-state index in [0.29, 0.717) is 17.2 Å². The summed E-state index contributed by atoms with van der Waals surface area (Å²) >= 11 is 0. The van der Waals surface area contributed by atoms with E-state index >= 15 is 0 Å². The largest absolute Gasteiger partial charge is 0.497 e. The Labute approximate surface area is 112 Å². The molecule has 1 saturated carbocycles. The van der Waals surface area contributed by atoms with Crippen LogP contribution in [0.2, 0.25) is 0 Å². The molecule has 1 aliphatic rings. The summed E-state index contributed by atoms with van der Waals surface area (Å²) in [5, 5.41) is 9.33. The third-order valence-corrected chi connectivity index (χ3v) is 3.66. The summed E-state index contributed by atoms with van der Waals surface area (Å²) in [4.78, 5) is 13.9. The second kappa shape index (κ2) is 5.09. The van der Waals surface area contributed by atoms with Crippen molar-refractivity contribution in [1.29, 1.82) is 0 Å². The second-order valence-electron chi connectivity index (χ2n) is 4.84. The van der Waals surface area contributed by atoms with E-state index in [1.165, 1.54) is 0 Å². The fourth-order valence-corrected chi connectivity index (χ4v) is 2.12. The maximum Gasteiger partial charge on any atom is 0.235 e. The molecule has 0 radical (unpaired) electrons. The monoisotopic (exact) mass is 265 g/mol. The van der Waals surface area contributed by atoms with Gasteiger partial charge in [0.25, 0.3) is 0 Å². The van der Waals surface area contributed by atoms with Crippen LogP contribution in [0.1, 0.15) is 12.8 Å². The number of aliphatic hydroxyl groups excluding tert-OH is 1. The summed E-state index contributed by atoms with van der Waals surface area (Å²) in [7, 11) is 4.83. The van der Waals surface area contributed by atoms with E-state index in [-0.39, 0.29) is 12.5 Å². The highest BCUT2D eigenvalue weighted by Gasteiger charge is 2.51. The molecule has 19 heavy (non-hydrogen) atoms. The van der Waals surface area contributed by atoms with Crippen molar-refractivity contribution in [2.75, 3.05) is 32.8 Å². The topological polar surface area (TPSA) is 59.0 Å². The van der Waals surface area contributed by atoms with Crippen LogP contribution in [0, 0.1) is 5.41 Å². The van der Waals surface area contributed by atoms with Crippen LogP contribution in [0.25, 0.3) is 0 Å². The van der Waals surface area contributed by atoms with Gasteiger partial charge in [-0.25, -0.2) is 0 Å². The van der Waals surface area contributed by atoms with Crippen molar-refractivity contribution in [2.45, 2.75) is 12.8 Å². The standard InChI is InChI=1S/C14H19NO4/c1-15(13(17)14(9-16)6-7-14)11-5-4-10(18-2)8-12(11)19-3/h4-5,8,16H,6-7,9H2,1-3H3. The number of amides is 1. The van der Waals surface area contributed by atoms with Crippen LogP contribution in [-0.4, -0.2) is 38.9 Å². The number of hydrogen-bond donors (Lipinski definition) is 1. The van der Waals surface area contributed by atoms with Crippen LogP contribution in [0.5, 0.6) is 11.5 Å². The average Bonchev–Trinajstić information content (AvgIpc) is 3.26. The predicted molar refractivity (Wildman–Crippen MR) is 71.7 cm³/mol. The minimum atomic E-state index is -0.584. The molecule has 1 amide bonds. The molecule has 1 aromatic carbocycles. The number of aliphatic hydroxyl groups is 1. The lowest BCUT2D eigenvalue weighted by molar-refractivity contribution is -0.124. The van der Waals surface area contributed by atoms with Crippen LogP contribution in [-0.2, 0) is 4.79 Å². The van der Waals surface area contributed by atoms with Crippen molar-refractivity contribution < 1.29 is 19.4 Å². The van der Waals surface area contributed by atoms with Crippen molar-refractivity contribution in [3.05, 3.63) is 18.2 Å². The Morgan fingerprint density at radius 1 is 1.37 bits per heavy atom. The first kappa shape index (κ1) is 13.7. The molecule has 0 aliphatic heterocycles. The summed E-state index contributed by atoms with van der Waals surface area (Å²) in [6, 6.07) is 5.29. The van der Waals surface area contributed by atoms with E-state index in [0.717, 1.165) is 12.8 Å². The summed E-state index contributed by atoms with van der Waals surface area (Å²) < 4.78 is 10.4. The Morgan fingerprint density at radius 3 is 2.53 bits per heavy atom. The maximum absolute atomic E-state index is 12.4. The lowest BCUT2D eigenvalue weighted by atomic mass is 10.1. The molecular formula is C14H19NO4. The number of rotatable bonds is 5. The lowest BCUT2D eigenvalue weighted by Crippen LogP contribution is -2.36. The van der Waals surface area contributed by atoms with Gasteiger partial charge >= 0.3 is 0 Å². The average molecular weight is 265 g/mol. The molecule has 0 bridgehead atoms. The Morgan fingerprint density at radius 2 is 2.05 bits per heavy atom. The molecule has 1 aromatic rings. The van der Waals surface area contributed by atoms with Gasteiger partial charge in [-0.05, 0) is 25.0 Å². The van der Waals surface area contributed by atoms with Gasteiger partial charge in [0.1, 0.15) is 11.5 Å². The molecule has 5 nitrogen and oxygen atoms in total. The first-order chi connectivity index (χ1) is 9.07. The molecule has 1 fully saturated rings. The van der Waals surface area contributed by atoms with Gasteiger partial charge in [-0.15, -0.1) is 0 Å². The number of benzene rings is 1. The van der Waals surface area contributed by atoms with Gasteiger partial charge < -0.3 is 19.5 Å². The minimum absolute atomic E-state index is 0.0709. The first-order valence-electron chi connectivity index (χ1n) is 6.19. The number of nitrogens with zero attached hydrogens (tertiary/aromatic N) is 1. The Bertz CT molecular complexity index is 482. The quantitative estimate of drug-likeness (QED) is 0.875. The predicted octanol–water partition coefficient (Wildman–Crippen LogP) is 1.44. The van der Waals surface area contributed by atoms with Crippen molar-refractivity contribution in [2.24, 2.45) is 5.41 Å². The molecule has 1 aliphatic carbocycles. The highest BCUT2D eigenvalue weighted by molar-refractivity contribution is 6.00. The van der Waals surface area contributed by atoms with Gasteiger partial charge in [0.15, 0.2) is 0 Å². The Hall–Kier alpha value is -1.75. The Kier molecular flexibility index (Phi) is 3.66. The first-order valence-corrected chi connectivity index (χ1v) is 6.19. The zero-order chi connectivity index (χ0) is 14.0. The molecule has 0 aromatic heterocycles. The van der Waals surface area contributed by atoms with Gasteiger partial charge in [0.05, 0.1) is 31.9 Å². The van der Waals surface area contributed by atoms with Gasteiger partial charge in [0, 0.05) is 13.1 Å². The molecule has 0 saturated heterocycles. The number of methoxy groups -OCH3 is 2.